The number of hydrogen-bond donors (Lipinski definition) is 0. The summed E-state index contributed by atoms with van der Waals surface area (Å²) in [5.41, 5.74) is 2.08. The molecule has 0 radical (unpaired) electrons. The fourth-order valence-electron chi connectivity index (χ4n) is 2.64. The maximum atomic E-state index is 5.88. The molecule has 0 bridgehead atoms. The second-order valence-electron chi connectivity index (χ2n) is 5.71. The van der Waals surface area contributed by atoms with Gasteiger partial charge in [0, 0.05) is 51.2 Å². The Hall–Kier alpha value is -1.59. The van der Waals surface area contributed by atoms with Gasteiger partial charge in [-0.3, -0.25) is 4.90 Å². The van der Waals surface area contributed by atoms with Crippen molar-refractivity contribution in [3.05, 3.63) is 30.2 Å². The predicted octanol–water partition coefficient (Wildman–Crippen LogP) is 1.52. The minimum atomic E-state index is 0.737. The average molecular weight is 288 g/mol. The second-order valence-corrected chi connectivity index (χ2v) is 5.71. The van der Waals surface area contributed by atoms with Gasteiger partial charge in [0.05, 0.1) is 5.69 Å². The van der Waals surface area contributed by atoms with Gasteiger partial charge in [-0.2, -0.15) is 0 Å². The predicted molar refractivity (Wildman–Crippen MR) is 84.0 cm³/mol. The molecular weight excluding hydrogens is 264 g/mol. The summed E-state index contributed by atoms with van der Waals surface area (Å²) < 4.78 is 7.93. The summed E-state index contributed by atoms with van der Waals surface area (Å²) in [5.74, 6) is 0.907. The summed E-state index contributed by atoms with van der Waals surface area (Å²) in [6.07, 6.45) is 5.05. The summed E-state index contributed by atoms with van der Waals surface area (Å²) in [6, 6.07) is 4.03. The highest BCUT2D eigenvalue weighted by atomic mass is 16.5. The smallest absolute Gasteiger partial charge is 0.140 e. The first-order chi connectivity index (χ1) is 10.2. The molecule has 0 unspecified atom stereocenters. The first-order valence-corrected chi connectivity index (χ1v) is 7.76. The minimum Gasteiger partial charge on any atom is -0.492 e. The third-order valence-corrected chi connectivity index (χ3v) is 4.12. The molecule has 2 aromatic rings. The van der Waals surface area contributed by atoms with Crippen LogP contribution in [0.1, 0.15) is 12.6 Å². The highest BCUT2D eigenvalue weighted by molar-refractivity contribution is 5.45. The van der Waals surface area contributed by atoms with E-state index >= 15 is 0 Å². The first-order valence-electron chi connectivity index (χ1n) is 7.76. The molecule has 5 nitrogen and oxygen atoms in total. The van der Waals surface area contributed by atoms with Crippen LogP contribution in [-0.2, 0) is 6.42 Å². The summed E-state index contributed by atoms with van der Waals surface area (Å²) in [5, 5.41) is 0. The van der Waals surface area contributed by atoms with Gasteiger partial charge in [-0.1, -0.05) is 6.92 Å². The molecule has 0 atom stereocenters. The third-order valence-electron chi connectivity index (χ3n) is 4.12. The lowest BCUT2D eigenvalue weighted by molar-refractivity contribution is 0.134. The Morgan fingerprint density at radius 2 is 2.05 bits per heavy atom. The van der Waals surface area contributed by atoms with Gasteiger partial charge in [0.15, 0.2) is 0 Å². The lowest BCUT2D eigenvalue weighted by atomic mass is 10.3. The van der Waals surface area contributed by atoms with E-state index in [2.05, 4.69) is 35.0 Å². The van der Waals surface area contributed by atoms with Crippen molar-refractivity contribution >= 4 is 5.65 Å². The number of piperazine rings is 1. The van der Waals surface area contributed by atoms with Gasteiger partial charge < -0.3 is 14.0 Å². The van der Waals surface area contributed by atoms with Gasteiger partial charge in [-0.05, 0) is 19.5 Å². The van der Waals surface area contributed by atoms with E-state index in [4.69, 9.17) is 4.74 Å². The molecule has 114 valence electrons. The van der Waals surface area contributed by atoms with Crippen LogP contribution in [0.15, 0.2) is 24.5 Å². The van der Waals surface area contributed by atoms with E-state index in [1.165, 1.54) is 0 Å². The summed E-state index contributed by atoms with van der Waals surface area (Å²) in [7, 11) is 2.18. The Labute approximate surface area is 126 Å². The van der Waals surface area contributed by atoms with Gasteiger partial charge in [0.2, 0.25) is 0 Å². The van der Waals surface area contributed by atoms with Crippen molar-refractivity contribution in [2.45, 2.75) is 13.3 Å². The number of fused-ring (bicyclic) bond motifs is 1. The molecule has 1 saturated heterocycles. The van der Waals surface area contributed by atoms with Crippen molar-refractivity contribution in [2.24, 2.45) is 0 Å². The standard InChI is InChI=1S/C16H24N4O/c1-3-14-13-20-5-4-15(12-16(20)17-14)21-11-10-19-8-6-18(2)7-9-19/h4-5,12-13H,3,6-11H2,1-2H3. The van der Waals surface area contributed by atoms with Crippen LogP contribution in [0.3, 0.4) is 0 Å². The van der Waals surface area contributed by atoms with Crippen molar-refractivity contribution in [1.29, 1.82) is 0 Å². The van der Waals surface area contributed by atoms with E-state index in [0.717, 1.165) is 62.8 Å². The Morgan fingerprint density at radius 3 is 2.81 bits per heavy atom. The van der Waals surface area contributed by atoms with Crippen LogP contribution in [0, 0.1) is 0 Å². The maximum absolute atomic E-state index is 5.88. The molecule has 0 amide bonds. The molecule has 1 fully saturated rings. The molecule has 21 heavy (non-hydrogen) atoms. The van der Waals surface area contributed by atoms with Crippen molar-refractivity contribution in [1.82, 2.24) is 19.2 Å². The number of ether oxygens (including phenoxy) is 1. The summed E-state index contributed by atoms with van der Waals surface area (Å²) >= 11 is 0. The molecule has 3 rings (SSSR count). The molecule has 5 heteroatoms. The monoisotopic (exact) mass is 288 g/mol. The number of rotatable bonds is 5. The third kappa shape index (κ3) is 3.54. The zero-order valence-corrected chi connectivity index (χ0v) is 13.0. The molecule has 3 heterocycles. The molecular formula is C16H24N4O. The first kappa shape index (κ1) is 14.4. The van der Waals surface area contributed by atoms with E-state index in [-0.39, 0.29) is 0 Å². The van der Waals surface area contributed by atoms with Crippen molar-refractivity contribution in [3.63, 3.8) is 0 Å². The van der Waals surface area contributed by atoms with Gasteiger partial charge in [-0.25, -0.2) is 4.98 Å². The molecule has 0 N–H and O–H groups in total. The summed E-state index contributed by atoms with van der Waals surface area (Å²) in [4.78, 5) is 9.40. The lowest BCUT2D eigenvalue weighted by Crippen LogP contribution is -2.45. The fourth-order valence-corrected chi connectivity index (χ4v) is 2.64. The molecule has 2 aromatic heterocycles. The highest BCUT2D eigenvalue weighted by Gasteiger charge is 2.13. The van der Waals surface area contributed by atoms with E-state index in [0.29, 0.717) is 0 Å². The second kappa shape index (κ2) is 6.45. The molecule has 0 aromatic carbocycles. The number of imidazole rings is 1. The molecule has 0 spiro atoms. The molecule has 0 aliphatic carbocycles. The van der Waals surface area contributed by atoms with E-state index < -0.39 is 0 Å². The number of nitrogens with zero attached hydrogens (tertiary/aromatic N) is 4. The SMILES string of the molecule is CCc1cn2ccc(OCCN3CCN(C)CC3)cc2n1. The highest BCUT2D eigenvalue weighted by Crippen LogP contribution is 2.15. The van der Waals surface area contributed by atoms with Crippen LogP contribution in [0.5, 0.6) is 5.75 Å². The maximum Gasteiger partial charge on any atom is 0.140 e. The van der Waals surface area contributed by atoms with Crippen LogP contribution < -0.4 is 4.74 Å². The van der Waals surface area contributed by atoms with Crippen molar-refractivity contribution < 1.29 is 4.74 Å². The van der Waals surface area contributed by atoms with E-state index in [9.17, 15) is 0 Å². The van der Waals surface area contributed by atoms with Gasteiger partial charge in [0.25, 0.3) is 0 Å². The Morgan fingerprint density at radius 1 is 1.24 bits per heavy atom. The van der Waals surface area contributed by atoms with Crippen LogP contribution in [0.4, 0.5) is 0 Å². The Balaban J connectivity index is 1.53. The lowest BCUT2D eigenvalue weighted by Gasteiger charge is -2.32. The topological polar surface area (TPSA) is 33.0 Å². The fraction of sp³-hybridized carbons (Fsp3) is 0.562. The number of aromatic nitrogens is 2. The van der Waals surface area contributed by atoms with Crippen LogP contribution in [0.25, 0.3) is 5.65 Å². The number of aryl methyl sites for hydroxylation is 1. The van der Waals surface area contributed by atoms with Crippen LogP contribution in [0.2, 0.25) is 0 Å². The normalized spacial score (nSPS) is 17.4. The quantitative estimate of drug-likeness (QED) is 0.835. The molecule has 1 aliphatic heterocycles. The summed E-state index contributed by atoms with van der Waals surface area (Å²) in [6.45, 7) is 8.43. The van der Waals surface area contributed by atoms with E-state index in [1.54, 1.807) is 0 Å². The molecule has 0 saturated carbocycles. The van der Waals surface area contributed by atoms with Gasteiger partial charge in [0.1, 0.15) is 18.0 Å². The zero-order chi connectivity index (χ0) is 14.7. The Kier molecular flexibility index (Phi) is 4.41. The largest absolute Gasteiger partial charge is 0.492 e. The van der Waals surface area contributed by atoms with Crippen molar-refractivity contribution in [3.8, 4) is 5.75 Å². The van der Waals surface area contributed by atoms with Gasteiger partial charge in [-0.15, -0.1) is 0 Å². The Bertz CT molecular complexity index is 587. The van der Waals surface area contributed by atoms with Crippen LogP contribution >= 0.6 is 0 Å². The number of hydrogen-bond acceptors (Lipinski definition) is 4. The van der Waals surface area contributed by atoms with Crippen molar-refractivity contribution in [2.75, 3.05) is 46.4 Å². The molecule has 1 aliphatic rings. The average Bonchev–Trinajstić information content (AvgIpc) is 2.91. The van der Waals surface area contributed by atoms with E-state index in [1.807, 2.05) is 22.7 Å². The zero-order valence-electron chi connectivity index (χ0n) is 13.0. The van der Waals surface area contributed by atoms with Crippen LogP contribution in [-0.4, -0.2) is 65.6 Å². The van der Waals surface area contributed by atoms with Gasteiger partial charge >= 0.3 is 0 Å². The number of pyridine rings is 1. The minimum absolute atomic E-state index is 0.737. The number of likely N-dealkylation sites (N-methyl/N-ethyl adjacent to an activating group) is 1.